The minimum atomic E-state index is -4.46. The zero-order valence-corrected chi connectivity index (χ0v) is 9.91. The van der Waals surface area contributed by atoms with Gasteiger partial charge in [0.1, 0.15) is 5.82 Å². The molecule has 20 heavy (non-hydrogen) atoms. The molecule has 2 rings (SSSR count). The van der Waals surface area contributed by atoms with Crippen LogP contribution in [0.1, 0.15) is 15.9 Å². The van der Waals surface area contributed by atoms with Crippen LogP contribution in [0.2, 0.25) is 0 Å². The second-order valence-electron chi connectivity index (χ2n) is 3.92. The second-order valence-corrected chi connectivity index (χ2v) is 3.92. The molecule has 1 amide bonds. The summed E-state index contributed by atoms with van der Waals surface area (Å²) in [7, 11) is 0. The van der Waals surface area contributed by atoms with E-state index in [-0.39, 0.29) is 11.3 Å². The van der Waals surface area contributed by atoms with Crippen LogP contribution in [-0.4, -0.2) is 10.9 Å². The largest absolute Gasteiger partial charge is 0.416 e. The summed E-state index contributed by atoms with van der Waals surface area (Å²) in [6, 6.07) is 4.75. The molecule has 1 aromatic heterocycles. The molecule has 7 heteroatoms. The molecule has 3 nitrogen and oxygen atoms in total. The predicted molar refractivity (Wildman–Crippen MR) is 63.6 cm³/mol. The number of hydrogen-bond acceptors (Lipinski definition) is 2. The van der Waals surface area contributed by atoms with Gasteiger partial charge in [0.15, 0.2) is 0 Å². The summed E-state index contributed by atoms with van der Waals surface area (Å²) in [5.41, 5.74) is -0.696. The minimum absolute atomic E-state index is 0.0299. The van der Waals surface area contributed by atoms with Crippen molar-refractivity contribution in [2.24, 2.45) is 0 Å². The highest BCUT2D eigenvalue weighted by molar-refractivity contribution is 6.04. The first-order valence-corrected chi connectivity index (χ1v) is 5.45. The molecule has 0 aliphatic carbocycles. The standard InChI is InChI=1S/C13H8F4N2O/c14-10-5-11(7-18-6-10)19-12(20)8-1-3-9(4-2-8)13(15,16)17/h1-7H,(H,19,20). The molecule has 104 valence electrons. The monoisotopic (exact) mass is 284 g/mol. The summed E-state index contributed by atoms with van der Waals surface area (Å²) in [5, 5.41) is 2.33. The van der Waals surface area contributed by atoms with Crippen molar-refractivity contribution < 1.29 is 22.4 Å². The number of nitrogens with zero attached hydrogens (tertiary/aromatic N) is 1. The van der Waals surface area contributed by atoms with Gasteiger partial charge in [0, 0.05) is 11.6 Å². The first-order valence-electron chi connectivity index (χ1n) is 5.45. The number of anilines is 1. The Morgan fingerprint density at radius 2 is 1.75 bits per heavy atom. The summed E-state index contributed by atoms with van der Waals surface area (Å²) in [4.78, 5) is 15.3. The maximum absolute atomic E-state index is 12.9. The molecule has 0 spiro atoms. The third-order valence-corrected chi connectivity index (χ3v) is 2.44. The average molecular weight is 284 g/mol. The SMILES string of the molecule is O=C(Nc1cncc(F)c1)c1ccc(C(F)(F)F)cc1. The molecular weight excluding hydrogens is 276 g/mol. The molecule has 0 radical (unpaired) electrons. The molecule has 0 saturated heterocycles. The zero-order chi connectivity index (χ0) is 14.8. The van der Waals surface area contributed by atoms with Crippen LogP contribution < -0.4 is 5.32 Å². The fourth-order valence-corrected chi connectivity index (χ4v) is 1.49. The van der Waals surface area contributed by atoms with E-state index in [1.165, 1.54) is 6.20 Å². The van der Waals surface area contributed by atoms with Crippen molar-refractivity contribution in [1.82, 2.24) is 4.98 Å². The molecule has 0 bridgehead atoms. The van der Waals surface area contributed by atoms with Crippen LogP contribution in [0, 0.1) is 5.82 Å². The summed E-state index contributed by atoms with van der Waals surface area (Å²) >= 11 is 0. The topological polar surface area (TPSA) is 42.0 Å². The Hall–Kier alpha value is -2.44. The van der Waals surface area contributed by atoms with Gasteiger partial charge in [0.05, 0.1) is 23.6 Å². The number of rotatable bonds is 2. The number of carbonyl (C=O) groups excluding carboxylic acids is 1. The van der Waals surface area contributed by atoms with Crippen molar-refractivity contribution in [2.75, 3.05) is 5.32 Å². The summed E-state index contributed by atoms with van der Waals surface area (Å²) in [6.07, 6.45) is -2.26. The third-order valence-electron chi connectivity index (χ3n) is 2.44. The van der Waals surface area contributed by atoms with Gasteiger partial charge in [-0.2, -0.15) is 13.2 Å². The second kappa shape index (κ2) is 5.28. The van der Waals surface area contributed by atoms with Gasteiger partial charge >= 0.3 is 6.18 Å². The van der Waals surface area contributed by atoms with Gasteiger partial charge in [-0.05, 0) is 24.3 Å². The van der Waals surface area contributed by atoms with Crippen molar-refractivity contribution in [1.29, 1.82) is 0 Å². The van der Waals surface area contributed by atoms with E-state index < -0.39 is 23.5 Å². The first kappa shape index (κ1) is 14.0. The van der Waals surface area contributed by atoms with Crippen LogP contribution in [0.25, 0.3) is 0 Å². The highest BCUT2D eigenvalue weighted by Gasteiger charge is 2.30. The Kier molecular flexibility index (Phi) is 3.69. The molecule has 0 fully saturated rings. The van der Waals surface area contributed by atoms with Crippen LogP contribution in [0.4, 0.5) is 23.2 Å². The number of carbonyl (C=O) groups is 1. The van der Waals surface area contributed by atoms with Crippen molar-refractivity contribution in [3.05, 3.63) is 59.7 Å². The Bertz CT molecular complexity index is 623. The molecular formula is C13H8F4N2O. The van der Waals surface area contributed by atoms with Gasteiger partial charge in [-0.15, -0.1) is 0 Å². The van der Waals surface area contributed by atoms with Gasteiger partial charge in [-0.3, -0.25) is 9.78 Å². The number of alkyl halides is 3. The Morgan fingerprint density at radius 1 is 1.10 bits per heavy atom. The van der Waals surface area contributed by atoms with E-state index in [4.69, 9.17) is 0 Å². The van der Waals surface area contributed by atoms with E-state index in [9.17, 15) is 22.4 Å². The normalized spacial score (nSPS) is 11.2. The maximum Gasteiger partial charge on any atom is 0.416 e. The number of aromatic nitrogens is 1. The van der Waals surface area contributed by atoms with Crippen LogP contribution in [0.15, 0.2) is 42.7 Å². The zero-order valence-electron chi connectivity index (χ0n) is 9.91. The summed E-state index contributed by atoms with van der Waals surface area (Å²) in [5.74, 6) is -1.28. The summed E-state index contributed by atoms with van der Waals surface area (Å²) in [6.45, 7) is 0. The van der Waals surface area contributed by atoms with E-state index in [0.717, 1.165) is 36.5 Å². The lowest BCUT2D eigenvalue weighted by molar-refractivity contribution is -0.137. The van der Waals surface area contributed by atoms with Crippen LogP contribution >= 0.6 is 0 Å². The molecule has 2 aromatic rings. The molecule has 0 aliphatic heterocycles. The molecule has 0 unspecified atom stereocenters. The van der Waals surface area contributed by atoms with Gasteiger partial charge in [0.25, 0.3) is 5.91 Å². The van der Waals surface area contributed by atoms with Crippen molar-refractivity contribution >= 4 is 11.6 Å². The fraction of sp³-hybridized carbons (Fsp3) is 0.0769. The van der Waals surface area contributed by atoms with Gasteiger partial charge < -0.3 is 5.32 Å². The predicted octanol–water partition coefficient (Wildman–Crippen LogP) is 3.49. The smallest absolute Gasteiger partial charge is 0.320 e. The van der Waals surface area contributed by atoms with Gasteiger partial charge in [-0.1, -0.05) is 0 Å². The van der Waals surface area contributed by atoms with E-state index in [0.29, 0.717) is 0 Å². The quantitative estimate of drug-likeness (QED) is 0.858. The average Bonchev–Trinajstić information content (AvgIpc) is 2.38. The lowest BCUT2D eigenvalue weighted by Crippen LogP contribution is -2.13. The maximum atomic E-state index is 12.9. The van der Waals surface area contributed by atoms with Crippen LogP contribution in [-0.2, 0) is 6.18 Å². The first-order chi connectivity index (χ1) is 9.36. The Morgan fingerprint density at radius 3 is 2.30 bits per heavy atom. The highest BCUT2D eigenvalue weighted by Crippen LogP contribution is 2.29. The van der Waals surface area contributed by atoms with E-state index in [1.807, 2.05) is 0 Å². The van der Waals surface area contributed by atoms with Crippen molar-refractivity contribution in [3.8, 4) is 0 Å². The van der Waals surface area contributed by atoms with Crippen molar-refractivity contribution in [3.63, 3.8) is 0 Å². The molecule has 1 heterocycles. The third kappa shape index (κ3) is 3.31. The van der Waals surface area contributed by atoms with Gasteiger partial charge in [0.2, 0.25) is 0 Å². The minimum Gasteiger partial charge on any atom is -0.320 e. The lowest BCUT2D eigenvalue weighted by Gasteiger charge is -2.08. The van der Waals surface area contributed by atoms with Crippen LogP contribution in [0.5, 0.6) is 0 Å². The van der Waals surface area contributed by atoms with E-state index in [2.05, 4.69) is 10.3 Å². The highest BCUT2D eigenvalue weighted by atomic mass is 19.4. The van der Waals surface area contributed by atoms with E-state index >= 15 is 0 Å². The number of nitrogens with one attached hydrogen (secondary N) is 1. The van der Waals surface area contributed by atoms with Gasteiger partial charge in [-0.25, -0.2) is 4.39 Å². The molecule has 0 saturated carbocycles. The number of benzene rings is 1. The summed E-state index contributed by atoms with van der Waals surface area (Å²) < 4.78 is 49.9. The Labute approximate surface area is 111 Å². The number of hydrogen-bond donors (Lipinski definition) is 1. The number of amides is 1. The van der Waals surface area contributed by atoms with Crippen LogP contribution in [0.3, 0.4) is 0 Å². The lowest BCUT2D eigenvalue weighted by atomic mass is 10.1. The van der Waals surface area contributed by atoms with Crippen molar-refractivity contribution in [2.45, 2.75) is 6.18 Å². The number of halogens is 4. The van der Waals surface area contributed by atoms with E-state index in [1.54, 1.807) is 0 Å². The molecule has 0 atom stereocenters. The molecule has 0 aliphatic rings. The molecule has 1 aromatic carbocycles. The number of pyridine rings is 1. The molecule has 1 N–H and O–H groups in total. The fourth-order valence-electron chi connectivity index (χ4n) is 1.49. The Balaban J connectivity index is 2.14.